The minimum Gasteiger partial charge on any atom is -0.373 e. The zero-order chi connectivity index (χ0) is 13.8. The molecule has 1 amide bonds. The van der Waals surface area contributed by atoms with Crippen LogP contribution in [0, 0.1) is 6.92 Å². The van der Waals surface area contributed by atoms with Gasteiger partial charge in [-0.1, -0.05) is 6.58 Å². The Morgan fingerprint density at radius 2 is 2.16 bits per heavy atom. The van der Waals surface area contributed by atoms with Gasteiger partial charge in [-0.15, -0.1) is 0 Å². The lowest BCUT2D eigenvalue weighted by Gasteiger charge is -2.30. The maximum atomic E-state index is 11.5. The van der Waals surface area contributed by atoms with E-state index in [4.69, 9.17) is 0 Å². The highest BCUT2D eigenvalue weighted by atomic mass is 16.2. The van der Waals surface area contributed by atoms with E-state index in [0.717, 1.165) is 43.3 Å². The second-order valence-corrected chi connectivity index (χ2v) is 4.81. The fourth-order valence-corrected chi connectivity index (χ4v) is 2.39. The first-order valence-corrected chi connectivity index (χ1v) is 6.58. The Morgan fingerprint density at radius 1 is 1.47 bits per heavy atom. The number of piperidine rings is 1. The van der Waals surface area contributed by atoms with Gasteiger partial charge in [-0.25, -0.2) is 9.97 Å². The molecule has 5 nitrogen and oxygen atoms in total. The number of aromatic nitrogens is 2. The summed E-state index contributed by atoms with van der Waals surface area (Å²) in [7, 11) is 1.86. The SMILES string of the molecule is C=CC(=O)N1CCC(c2nc(C)cc(NC)n2)CC1. The average Bonchev–Trinajstić information content (AvgIpc) is 2.46. The number of hydrogen-bond acceptors (Lipinski definition) is 4. The van der Waals surface area contributed by atoms with Crippen LogP contribution in [-0.4, -0.2) is 40.9 Å². The van der Waals surface area contributed by atoms with E-state index >= 15 is 0 Å². The van der Waals surface area contributed by atoms with Crippen LogP contribution in [0.5, 0.6) is 0 Å². The molecule has 0 saturated carbocycles. The van der Waals surface area contributed by atoms with Crippen molar-refractivity contribution in [3.05, 3.63) is 30.2 Å². The zero-order valence-corrected chi connectivity index (χ0v) is 11.5. The van der Waals surface area contributed by atoms with E-state index in [9.17, 15) is 4.79 Å². The highest BCUT2D eigenvalue weighted by molar-refractivity contribution is 5.87. The Kier molecular flexibility index (Phi) is 4.14. The molecule has 1 aliphatic heterocycles. The van der Waals surface area contributed by atoms with Crippen LogP contribution in [-0.2, 0) is 4.79 Å². The van der Waals surface area contributed by atoms with Gasteiger partial charge in [0.05, 0.1) is 0 Å². The maximum Gasteiger partial charge on any atom is 0.245 e. The summed E-state index contributed by atoms with van der Waals surface area (Å²) in [6.45, 7) is 7.00. The topological polar surface area (TPSA) is 58.1 Å². The van der Waals surface area contributed by atoms with Crippen molar-refractivity contribution in [1.29, 1.82) is 0 Å². The van der Waals surface area contributed by atoms with Gasteiger partial charge in [0.15, 0.2) is 0 Å². The number of hydrogen-bond donors (Lipinski definition) is 1. The minimum absolute atomic E-state index is 0.0134. The lowest BCUT2D eigenvalue weighted by molar-refractivity contribution is -0.127. The first kappa shape index (κ1) is 13.5. The third kappa shape index (κ3) is 3.10. The number of aryl methyl sites for hydroxylation is 1. The molecule has 19 heavy (non-hydrogen) atoms. The summed E-state index contributed by atoms with van der Waals surface area (Å²) in [4.78, 5) is 22.4. The molecule has 1 fully saturated rings. The van der Waals surface area contributed by atoms with Gasteiger partial charge in [0, 0.05) is 37.8 Å². The molecule has 0 radical (unpaired) electrons. The molecule has 0 bridgehead atoms. The molecule has 2 heterocycles. The Bertz CT molecular complexity index is 478. The molecule has 5 heteroatoms. The van der Waals surface area contributed by atoms with Crippen molar-refractivity contribution < 1.29 is 4.79 Å². The van der Waals surface area contributed by atoms with Crippen molar-refractivity contribution in [2.45, 2.75) is 25.7 Å². The molecule has 1 N–H and O–H groups in total. The number of carbonyl (C=O) groups excluding carboxylic acids is 1. The average molecular weight is 260 g/mol. The summed E-state index contributed by atoms with van der Waals surface area (Å²) in [6, 6.07) is 1.93. The molecule has 1 aromatic heterocycles. The summed E-state index contributed by atoms with van der Waals surface area (Å²) in [5, 5.41) is 3.05. The Balaban J connectivity index is 2.07. The van der Waals surface area contributed by atoms with Crippen LogP contribution in [0.25, 0.3) is 0 Å². The number of anilines is 1. The van der Waals surface area contributed by atoms with Crippen LogP contribution in [0.2, 0.25) is 0 Å². The lowest BCUT2D eigenvalue weighted by Crippen LogP contribution is -2.37. The first-order chi connectivity index (χ1) is 9.13. The molecule has 1 aromatic rings. The van der Waals surface area contributed by atoms with Gasteiger partial charge in [-0.05, 0) is 25.8 Å². The largest absolute Gasteiger partial charge is 0.373 e. The number of carbonyl (C=O) groups is 1. The number of nitrogens with one attached hydrogen (secondary N) is 1. The third-order valence-electron chi connectivity index (χ3n) is 3.47. The molecule has 2 rings (SSSR count). The molecule has 1 saturated heterocycles. The monoisotopic (exact) mass is 260 g/mol. The quantitative estimate of drug-likeness (QED) is 0.841. The molecule has 102 valence electrons. The van der Waals surface area contributed by atoms with Crippen molar-refractivity contribution >= 4 is 11.7 Å². The molecule has 0 aromatic carbocycles. The summed E-state index contributed by atoms with van der Waals surface area (Å²) >= 11 is 0. The van der Waals surface area contributed by atoms with Gasteiger partial charge in [-0.2, -0.15) is 0 Å². The summed E-state index contributed by atoms with van der Waals surface area (Å²) in [6.07, 6.45) is 3.20. The van der Waals surface area contributed by atoms with Crippen LogP contribution in [0.3, 0.4) is 0 Å². The summed E-state index contributed by atoms with van der Waals surface area (Å²) < 4.78 is 0. The number of rotatable bonds is 3. The molecular formula is C14H20N4O. The van der Waals surface area contributed by atoms with Gasteiger partial charge in [0.25, 0.3) is 0 Å². The normalized spacial score (nSPS) is 16.2. The number of amides is 1. The Labute approximate surface area is 113 Å². The van der Waals surface area contributed by atoms with E-state index in [0.29, 0.717) is 5.92 Å². The number of nitrogens with zero attached hydrogens (tertiary/aromatic N) is 3. The second kappa shape index (κ2) is 5.82. The lowest BCUT2D eigenvalue weighted by atomic mass is 9.95. The minimum atomic E-state index is 0.0134. The van der Waals surface area contributed by atoms with Crippen molar-refractivity contribution in [3.8, 4) is 0 Å². The van der Waals surface area contributed by atoms with Crippen molar-refractivity contribution in [3.63, 3.8) is 0 Å². The van der Waals surface area contributed by atoms with E-state index in [1.165, 1.54) is 6.08 Å². The summed E-state index contributed by atoms with van der Waals surface area (Å²) in [5.41, 5.74) is 0.971. The number of likely N-dealkylation sites (tertiary alicyclic amines) is 1. The smallest absolute Gasteiger partial charge is 0.245 e. The van der Waals surface area contributed by atoms with Crippen LogP contribution in [0.4, 0.5) is 5.82 Å². The standard InChI is InChI=1S/C14H20N4O/c1-4-13(19)18-7-5-11(6-8-18)14-16-10(2)9-12(15-3)17-14/h4,9,11H,1,5-8H2,2-3H3,(H,15,16,17). The van der Waals surface area contributed by atoms with Crippen LogP contribution >= 0.6 is 0 Å². The predicted molar refractivity (Wildman–Crippen MR) is 75.1 cm³/mol. The third-order valence-corrected chi connectivity index (χ3v) is 3.47. The van der Waals surface area contributed by atoms with Gasteiger partial charge < -0.3 is 10.2 Å². The summed E-state index contributed by atoms with van der Waals surface area (Å²) in [5.74, 6) is 2.09. The van der Waals surface area contributed by atoms with Gasteiger partial charge in [0.1, 0.15) is 11.6 Å². The van der Waals surface area contributed by atoms with Gasteiger partial charge in [0.2, 0.25) is 5.91 Å². The van der Waals surface area contributed by atoms with Gasteiger partial charge >= 0.3 is 0 Å². The van der Waals surface area contributed by atoms with Crippen LogP contribution in [0.15, 0.2) is 18.7 Å². The highest BCUT2D eigenvalue weighted by Crippen LogP contribution is 2.26. The first-order valence-electron chi connectivity index (χ1n) is 6.58. The molecule has 0 aliphatic carbocycles. The fourth-order valence-electron chi connectivity index (χ4n) is 2.39. The Morgan fingerprint density at radius 3 is 2.74 bits per heavy atom. The van der Waals surface area contributed by atoms with Crippen molar-refractivity contribution in [2.24, 2.45) is 0 Å². The molecular weight excluding hydrogens is 240 g/mol. The van der Waals surface area contributed by atoms with E-state index in [2.05, 4.69) is 21.9 Å². The molecule has 0 unspecified atom stereocenters. The maximum absolute atomic E-state index is 11.5. The molecule has 0 spiro atoms. The second-order valence-electron chi connectivity index (χ2n) is 4.81. The predicted octanol–water partition coefficient (Wildman–Crippen LogP) is 1.72. The zero-order valence-electron chi connectivity index (χ0n) is 11.5. The van der Waals surface area contributed by atoms with E-state index in [1.54, 1.807) is 0 Å². The van der Waals surface area contributed by atoms with E-state index in [-0.39, 0.29) is 5.91 Å². The molecule has 1 aliphatic rings. The van der Waals surface area contributed by atoms with Crippen LogP contribution < -0.4 is 5.32 Å². The van der Waals surface area contributed by atoms with Crippen LogP contribution in [0.1, 0.15) is 30.3 Å². The van der Waals surface area contributed by atoms with Crippen molar-refractivity contribution in [2.75, 3.05) is 25.5 Å². The highest BCUT2D eigenvalue weighted by Gasteiger charge is 2.24. The fraction of sp³-hybridized carbons (Fsp3) is 0.500. The van der Waals surface area contributed by atoms with E-state index in [1.807, 2.05) is 24.9 Å². The van der Waals surface area contributed by atoms with Gasteiger partial charge in [-0.3, -0.25) is 4.79 Å². The Hall–Kier alpha value is -1.91. The van der Waals surface area contributed by atoms with Crippen molar-refractivity contribution in [1.82, 2.24) is 14.9 Å². The van der Waals surface area contributed by atoms with E-state index < -0.39 is 0 Å². The molecule has 0 atom stereocenters.